The number of rotatable bonds is 7. The fourth-order valence-electron chi connectivity index (χ4n) is 1.62. The first-order valence-corrected chi connectivity index (χ1v) is 5.78. The predicted octanol–water partition coefficient (Wildman–Crippen LogP) is 2.13. The highest BCUT2D eigenvalue weighted by Crippen LogP contribution is 2.28. The number of hydrogen-bond acceptors (Lipinski definition) is 4. The van der Waals surface area contributed by atoms with Crippen molar-refractivity contribution in [1.29, 1.82) is 0 Å². The lowest BCUT2D eigenvalue weighted by molar-refractivity contribution is -0.191. The van der Waals surface area contributed by atoms with Crippen LogP contribution in [-0.4, -0.2) is 31.7 Å². The molecule has 0 heterocycles. The molecule has 17 heavy (non-hydrogen) atoms. The van der Waals surface area contributed by atoms with Crippen molar-refractivity contribution >= 4 is 0 Å². The zero-order valence-electron chi connectivity index (χ0n) is 10.6. The fourth-order valence-corrected chi connectivity index (χ4v) is 1.62. The van der Waals surface area contributed by atoms with Crippen LogP contribution in [0, 0.1) is 0 Å². The molecule has 1 aromatic rings. The standard InChI is InChI=1S/C13H20O4/c1-4-16-13(17-5-2)12(14)10-8-6-7-9-11(10)15-3/h6-9,12-14H,4-5H2,1-3H3. The summed E-state index contributed by atoms with van der Waals surface area (Å²) in [5.41, 5.74) is 0.668. The normalized spacial score (nSPS) is 12.8. The van der Waals surface area contributed by atoms with Crippen molar-refractivity contribution in [1.82, 2.24) is 0 Å². The van der Waals surface area contributed by atoms with E-state index in [1.165, 1.54) is 0 Å². The second-order valence-corrected chi connectivity index (χ2v) is 3.47. The second-order valence-electron chi connectivity index (χ2n) is 3.47. The van der Waals surface area contributed by atoms with E-state index in [2.05, 4.69) is 0 Å². The van der Waals surface area contributed by atoms with Gasteiger partial charge in [-0.3, -0.25) is 0 Å². The Bertz CT molecular complexity index is 321. The minimum Gasteiger partial charge on any atom is -0.496 e. The number of ether oxygens (including phenoxy) is 3. The molecule has 0 fully saturated rings. The molecule has 1 unspecified atom stereocenters. The minimum absolute atomic E-state index is 0.483. The van der Waals surface area contributed by atoms with Gasteiger partial charge in [-0.25, -0.2) is 0 Å². The summed E-state index contributed by atoms with van der Waals surface area (Å²) in [6, 6.07) is 7.30. The molecule has 1 rings (SSSR count). The van der Waals surface area contributed by atoms with Gasteiger partial charge in [0.1, 0.15) is 11.9 Å². The summed E-state index contributed by atoms with van der Waals surface area (Å²) < 4.78 is 15.9. The van der Waals surface area contributed by atoms with Gasteiger partial charge in [0.15, 0.2) is 6.29 Å². The molecule has 0 bridgehead atoms. The van der Waals surface area contributed by atoms with Crippen molar-refractivity contribution in [3.63, 3.8) is 0 Å². The van der Waals surface area contributed by atoms with Crippen LogP contribution in [0.4, 0.5) is 0 Å². The molecule has 96 valence electrons. The number of aliphatic hydroxyl groups excluding tert-OH is 1. The van der Waals surface area contributed by atoms with Crippen molar-refractivity contribution in [2.24, 2.45) is 0 Å². The van der Waals surface area contributed by atoms with Crippen LogP contribution in [0.25, 0.3) is 0 Å². The molecule has 0 amide bonds. The Balaban J connectivity index is 2.87. The molecular weight excluding hydrogens is 220 g/mol. The fraction of sp³-hybridized carbons (Fsp3) is 0.538. The Hall–Kier alpha value is -1.10. The molecule has 0 aromatic heterocycles. The van der Waals surface area contributed by atoms with Crippen molar-refractivity contribution in [3.8, 4) is 5.75 Å². The third-order valence-electron chi connectivity index (χ3n) is 2.38. The molecule has 0 saturated heterocycles. The third kappa shape index (κ3) is 3.70. The summed E-state index contributed by atoms with van der Waals surface area (Å²) in [5, 5.41) is 10.2. The van der Waals surface area contributed by atoms with Gasteiger partial charge in [-0.2, -0.15) is 0 Å². The zero-order valence-corrected chi connectivity index (χ0v) is 10.6. The van der Waals surface area contributed by atoms with Gasteiger partial charge in [0.25, 0.3) is 0 Å². The lowest BCUT2D eigenvalue weighted by Gasteiger charge is -2.24. The Morgan fingerprint density at radius 3 is 2.24 bits per heavy atom. The molecule has 0 aliphatic heterocycles. The average Bonchev–Trinajstić information content (AvgIpc) is 2.37. The van der Waals surface area contributed by atoms with Crippen LogP contribution in [0.5, 0.6) is 5.75 Å². The van der Waals surface area contributed by atoms with E-state index in [0.717, 1.165) is 0 Å². The maximum absolute atomic E-state index is 10.2. The molecule has 0 radical (unpaired) electrons. The topological polar surface area (TPSA) is 47.9 Å². The van der Waals surface area contributed by atoms with Crippen LogP contribution in [0.2, 0.25) is 0 Å². The highest BCUT2D eigenvalue weighted by Gasteiger charge is 2.24. The summed E-state index contributed by atoms with van der Waals surface area (Å²) in [5.74, 6) is 0.629. The number of aliphatic hydroxyl groups is 1. The van der Waals surface area contributed by atoms with Crippen LogP contribution < -0.4 is 4.74 Å². The maximum atomic E-state index is 10.2. The van der Waals surface area contributed by atoms with Gasteiger partial charge in [0.2, 0.25) is 0 Å². The molecule has 0 saturated carbocycles. The Morgan fingerprint density at radius 2 is 1.71 bits per heavy atom. The van der Waals surface area contributed by atoms with E-state index in [1.54, 1.807) is 19.2 Å². The first kappa shape index (κ1) is 14.0. The third-order valence-corrected chi connectivity index (χ3v) is 2.38. The molecule has 1 aromatic carbocycles. The predicted molar refractivity (Wildman–Crippen MR) is 65.0 cm³/mol. The molecular formula is C13H20O4. The van der Waals surface area contributed by atoms with Crippen LogP contribution >= 0.6 is 0 Å². The molecule has 1 N–H and O–H groups in total. The number of methoxy groups -OCH3 is 1. The Labute approximate surface area is 102 Å². The summed E-state index contributed by atoms with van der Waals surface area (Å²) in [6.07, 6.45) is -1.52. The highest BCUT2D eigenvalue weighted by atomic mass is 16.7. The zero-order chi connectivity index (χ0) is 12.7. The number of hydrogen-bond donors (Lipinski definition) is 1. The SMILES string of the molecule is CCOC(OCC)C(O)c1ccccc1OC. The van der Waals surface area contributed by atoms with Gasteiger partial charge >= 0.3 is 0 Å². The lowest BCUT2D eigenvalue weighted by atomic mass is 10.1. The molecule has 4 heteroatoms. The van der Waals surface area contributed by atoms with Gasteiger partial charge in [-0.05, 0) is 19.9 Å². The van der Waals surface area contributed by atoms with Crippen molar-refractivity contribution in [3.05, 3.63) is 29.8 Å². The van der Waals surface area contributed by atoms with E-state index in [4.69, 9.17) is 14.2 Å². The summed E-state index contributed by atoms with van der Waals surface area (Å²) in [4.78, 5) is 0. The van der Waals surface area contributed by atoms with E-state index in [1.807, 2.05) is 26.0 Å². The number of para-hydroxylation sites is 1. The molecule has 0 spiro atoms. The van der Waals surface area contributed by atoms with Gasteiger partial charge < -0.3 is 19.3 Å². The summed E-state index contributed by atoms with van der Waals surface area (Å²) in [6.45, 7) is 4.69. The molecule has 0 aliphatic rings. The maximum Gasteiger partial charge on any atom is 0.187 e. The first-order chi connectivity index (χ1) is 8.24. The smallest absolute Gasteiger partial charge is 0.187 e. The largest absolute Gasteiger partial charge is 0.496 e. The van der Waals surface area contributed by atoms with Crippen molar-refractivity contribution in [2.75, 3.05) is 20.3 Å². The van der Waals surface area contributed by atoms with Gasteiger partial charge in [-0.15, -0.1) is 0 Å². The van der Waals surface area contributed by atoms with E-state index < -0.39 is 12.4 Å². The quantitative estimate of drug-likeness (QED) is 0.742. The highest BCUT2D eigenvalue weighted by molar-refractivity contribution is 5.35. The van der Waals surface area contributed by atoms with Gasteiger partial charge in [0, 0.05) is 18.8 Å². The van der Waals surface area contributed by atoms with Gasteiger partial charge in [0.05, 0.1) is 7.11 Å². The monoisotopic (exact) mass is 240 g/mol. The van der Waals surface area contributed by atoms with E-state index in [-0.39, 0.29) is 0 Å². The van der Waals surface area contributed by atoms with Crippen molar-refractivity contribution in [2.45, 2.75) is 26.2 Å². The molecule has 4 nitrogen and oxygen atoms in total. The number of benzene rings is 1. The summed E-state index contributed by atoms with van der Waals surface area (Å²) >= 11 is 0. The van der Waals surface area contributed by atoms with Crippen LogP contribution in [-0.2, 0) is 9.47 Å². The molecule has 1 atom stereocenters. The minimum atomic E-state index is -0.856. The second kappa shape index (κ2) is 7.27. The van der Waals surface area contributed by atoms with Gasteiger partial charge in [-0.1, -0.05) is 18.2 Å². The van der Waals surface area contributed by atoms with Crippen LogP contribution in [0.3, 0.4) is 0 Å². The van der Waals surface area contributed by atoms with Crippen molar-refractivity contribution < 1.29 is 19.3 Å². The summed E-state index contributed by atoms with van der Waals surface area (Å²) in [7, 11) is 1.57. The van der Waals surface area contributed by atoms with E-state index in [0.29, 0.717) is 24.5 Å². The lowest BCUT2D eigenvalue weighted by Crippen LogP contribution is -2.26. The Kier molecular flexibility index (Phi) is 5.97. The average molecular weight is 240 g/mol. The first-order valence-electron chi connectivity index (χ1n) is 5.78. The van der Waals surface area contributed by atoms with E-state index >= 15 is 0 Å². The molecule has 0 aliphatic carbocycles. The van der Waals surface area contributed by atoms with E-state index in [9.17, 15) is 5.11 Å². The Morgan fingerprint density at radius 1 is 1.12 bits per heavy atom. The van der Waals surface area contributed by atoms with Crippen LogP contribution in [0.15, 0.2) is 24.3 Å². The van der Waals surface area contributed by atoms with Crippen LogP contribution in [0.1, 0.15) is 25.5 Å².